The van der Waals surface area contributed by atoms with Crippen LogP contribution in [0.3, 0.4) is 0 Å². The van der Waals surface area contributed by atoms with Crippen molar-refractivity contribution in [3.63, 3.8) is 0 Å². The maximum Gasteiger partial charge on any atom is -0.0241 e. The van der Waals surface area contributed by atoms with Crippen molar-refractivity contribution < 1.29 is 0 Å². The summed E-state index contributed by atoms with van der Waals surface area (Å²) in [5.41, 5.74) is 1.38. The molecule has 0 amide bonds. The summed E-state index contributed by atoms with van der Waals surface area (Å²) < 4.78 is 0. The lowest BCUT2D eigenvalue weighted by Crippen LogP contribution is -2.10. The maximum atomic E-state index is 3.80. The van der Waals surface area contributed by atoms with Crippen LogP contribution < -0.4 is 0 Å². The molecule has 0 N–H and O–H groups in total. The van der Waals surface area contributed by atoms with Crippen LogP contribution in [0.4, 0.5) is 0 Å². The zero-order chi connectivity index (χ0) is 10.7. The average Bonchev–Trinajstić information content (AvgIpc) is 2.73. The first-order chi connectivity index (χ1) is 6.64. The van der Waals surface area contributed by atoms with Gasteiger partial charge in [0.15, 0.2) is 0 Å². The Morgan fingerprint density at radius 2 is 2.00 bits per heavy atom. The van der Waals surface area contributed by atoms with Crippen LogP contribution >= 0.6 is 0 Å². The molecule has 1 rings (SSSR count). The third kappa shape index (κ3) is 2.04. The van der Waals surface area contributed by atoms with Crippen molar-refractivity contribution in [1.29, 1.82) is 0 Å². The summed E-state index contributed by atoms with van der Waals surface area (Å²) in [5.74, 6) is 0. The Balaban J connectivity index is 2.42. The molecule has 1 aliphatic carbocycles. The molecule has 0 spiro atoms. The van der Waals surface area contributed by atoms with Crippen LogP contribution in [0, 0.1) is 10.8 Å². The van der Waals surface area contributed by atoms with Crippen LogP contribution in [-0.2, 0) is 0 Å². The Labute approximate surface area is 89.8 Å². The molecular weight excluding hydrogens is 168 g/mol. The fourth-order valence-electron chi connectivity index (χ4n) is 3.31. The van der Waals surface area contributed by atoms with Gasteiger partial charge >= 0.3 is 0 Å². The summed E-state index contributed by atoms with van der Waals surface area (Å²) in [6.07, 6.45) is 11.6. The molecule has 2 atom stereocenters. The fraction of sp³-hybridized carbons (Fsp3) is 0.857. The van der Waals surface area contributed by atoms with Gasteiger partial charge in [-0.25, -0.2) is 0 Å². The van der Waals surface area contributed by atoms with Crippen molar-refractivity contribution in [3.05, 3.63) is 12.7 Å². The first kappa shape index (κ1) is 11.8. The minimum Gasteiger partial charge on any atom is -0.103 e. The Kier molecular flexibility index (Phi) is 3.80. The van der Waals surface area contributed by atoms with Crippen LogP contribution in [0.2, 0.25) is 0 Å². The van der Waals surface area contributed by atoms with Gasteiger partial charge in [0, 0.05) is 0 Å². The van der Waals surface area contributed by atoms with E-state index in [2.05, 4.69) is 33.4 Å². The van der Waals surface area contributed by atoms with Gasteiger partial charge in [-0.05, 0) is 49.4 Å². The third-order valence-corrected chi connectivity index (χ3v) is 4.43. The number of rotatable bonds is 7. The number of allylic oxidation sites excluding steroid dienone is 1. The zero-order valence-electron chi connectivity index (χ0n) is 10.2. The number of unbranched alkanes of at least 4 members (excludes halogenated alkanes) is 1. The molecule has 0 bridgehead atoms. The van der Waals surface area contributed by atoms with E-state index in [0.717, 1.165) is 0 Å². The van der Waals surface area contributed by atoms with Crippen molar-refractivity contribution in [2.75, 3.05) is 0 Å². The Morgan fingerprint density at radius 1 is 1.29 bits per heavy atom. The predicted molar refractivity (Wildman–Crippen MR) is 64.4 cm³/mol. The lowest BCUT2D eigenvalue weighted by atomic mass is 9.84. The zero-order valence-corrected chi connectivity index (χ0v) is 10.2. The van der Waals surface area contributed by atoms with Gasteiger partial charge < -0.3 is 0 Å². The second kappa shape index (κ2) is 4.51. The summed E-state index contributed by atoms with van der Waals surface area (Å²) in [4.78, 5) is 0. The van der Waals surface area contributed by atoms with Gasteiger partial charge in [-0.3, -0.25) is 0 Å². The van der Waals surface area contributed by atoms with Gasteiger partial charge in [0.25, 0.3) is 0 Å². The Hall–Kier alpha value is -0.260. The topological polar surface area (TPSA) is 0 Å². The first-order valence-electron chi connectivity index (χ1n) is 6.25. The normalized spacial score (nSPS) is 35.6. The molecular formula is C14H26. The van der Waals surface area contributed by atoms with E-state index in [-0.39, 0.29) is 0 Å². The van der Waals surface area contributed by atoms with Crippen molar-refractivity contribution >= 4 is 0 Å². The van der Waals surface area contributed by atoms with Crippen LogP contribution in [0.5, 0.6) is 0 Å². The van der Waals surface area contributed by atoms with E-state index in [1.807, 2.05) is 0 Å². The summed E-state index contributed by atoms with van der Waals surface area (Å²) in [7, 11) is 0. The van der Waals surface area contributed by atoms with E-state index in [1.54, 1.807) is 0 Å². The molecule has 1 saturated carbocycles. The van der Waals surface area contributed by atoms with Gasteiger partial charge in [-0.2, -0.15) is 0 Å². The van der Waals surface area contributed by atoms with Crippen molar-refractivity contribution in [2.45, 2.75) is 65.7 Å². The quantitative estimate of drug-likeness (QED) is 0.397. The molecule has 0 aliphatic heterocycles. The monoisotopic (exact) mass is 194 g/mol. The van der Waals surface area contributed by atoms with Gasteiger partial charge in [-0.1, -0.05) is 33.3 Å². The molecule has 0 aromatic heterocycles. The highest BCUT2D eigenvalue weighted by Crippen LogP contribution is 2.70. The molecule has 2 unspecified atom stereocenters. The van der Waals surface area contributed by atoms with E-state index < -0.39 is 0 Å². The van der Waals surface area contributed by atoms with Gasteiger partial charge in [0.2, 0.25) is 0 Å². The van der Waals surface area contributed by atoms with Crippen molar-refractivity contribution in [1.82, 2.24) is 0 Å². The number of hydrogen-bond acceptors (Lipinski definition) is 0. The Morgan fingerprint density at radius 3 is 2.50 bits per heavy atom. The molecule has 0 heterocycles. The van der Waals surface area contributed by atoms with Gasteiger partial charge in [-0.15, -0.1) is 6.58 Å². The van der Waals surface area contributed by atoms with E-state index in [0.29, 0.717) is 10.8 Å². The fourth-order valence-corrected chi connectivity index (χ4v) is 3.31. The van der Waals surface area contributed by atoms with Crippen molar-refractivity contribution in [3.8, 4) is 0 Å². The summed E-state index contributed by atoms with van der Waals surface area (Å²) >= 11 is 0. The van der Waals surface area contributed by atoms with Gasteiger partial charge in [0.05, 0.1) is 0 Å². The lowest BCUT2D eigenvalue weighted by Gasteiger charge is -2.21. The smallest absolute Gasteiger partial charge is 0.0241 e. The predicted octanol–water partition coefficient (Wildman–Crippen LogP) is 4.95. The molecule has 0 nitrogen and oxygen atoms in total. The largest absolute Gasteiger partial charge is 0.103 e. The molecule has 0 aromatic rings. The van der Waals surface area contributed by atoms with E-state index in [4.69, 9.17) is 0 Å². The standard InChI is InChI=1S/C14H26/c1-5-8-9-11-14(7-3)12-13(14,4)10-6-2/h5H,1,6-12H2,2-4H3. The van der Waals surface area contributed by atoms with Crippen molar-refractivity contribution in [2.24, 2.45) is 10.8 Å². The molecule has 1 fully saturated rings. The highest BCUT2D eigenvalue weighted by atomic mass is 14.6. The minimum absolute atomic E-state index is 0.678. The average molecular weight is 194 g/mol. The second-order valence-electron chi connectivity index (χ2n) is 5.30. The highest BCUT2D eigenvalue weighted by Gasteiger charge is 2.60. The molecule has 0 saturated heterocycles. The highest BCUT2D eigenvalue weighted by molar-refractivity contribution is 5.10. The van der Waals surface area contributed by atoms with E-state index >= 15 is 0 Å². The minimum atomic E-state index is 0.678. The van der Waals surface area contributed by atoms with Crippen LogP contribution in [0.1, 0.15) is 65.7 Å². The molecule has 0 radical (unpaired) electrons. The molecule has 82 valence electrons. The first-order valence-corrected chi connectivity index (χ1v) is 6.25. The number of hydrogen-bond donors (Lipinski definition) is 0. The van der Waals surface area contributed by atoms with Crippen LogP contribution in [0.25, 0.3) is 0 Å². The van der Waals surface area contributed by atoms with Crippen LogP contribution in [-0.4, -0.2) is 0 Å². The summed E-state index contributed by atoms with van der Waals surface area (Å²) in [5, 5.41) is 0. The van der Waals surface area contributed by atoms with E-state index in [9.17, 15) is 0 Å². The SMILES string of the molecule is C=CCCCC1(CC)CC1(C)CCC. The second-order valence-corrected chi connectivity index (χ2v) is 5.30. The molecule has 0 aromatic carbocycles. The maximum absolute atomic E-state index is 3.80. The molecule has 1 aliphatic rings. The van der Waals surface area contributed by atoms with E-state index in [1.165, 1.54) is 44.9 Å². The summed E-state index contributed by atoms with van der Waals surface area (Å²) in [6.45, 7) is 11.0. The Bertz CT molecular complexity index is 194. The van der Waals surface area contributed by atoms with Crippen LogP contribution in [0.15, 0.2) is 12.7 Å². The lowest BCUT2D eigenvalue weighted by molar-refractivity contribution is 0.300. The molecule has 0 heteroatoms. The third-order valence-electron chi connectivity index (χ3n) is 4.43. The summed E-state index contributed by atoms with van der Waals surface area (Å²) in [6, 6.07) is 0. The molecule has 14 heavy (non-hydrogen) atoms. The van der Waals surface area contributed by atoms with Gasteiger partial charge in [0.1, 0.15) is 0 Å².